The van der Waals surface area contributed by atoms with Gasteiger partial charge in [-0.2, -0.15) is 0 Å². The fraction of sp³-hybridized carbons (Fsp3) is 0.350. The van der Waals surface area contributed by atoms with Crippen LogP contribution in [0.15, 0.2) is 36.8 Å². The SMILES string of the molecule is O=CNc1cc(NCc2cn3cc(C4CC4)cc(C4(F)CNC4)c3n2)ccn1. The molecule has 3 N–H and O–H groups in total. The Morgan fingerprint density at radius 3 is 2.89 bits per heavy atom. The number of nitrogens with zero attached hydrogens (tertiary/aromatic N) is 3. The van der Waals surface area contributed by atoms with Gasteiger partial charge in [-0.1, -0.05) is 0 Å². The van der Waals surface area contributed by atoms with Gasteiger partial charge in [-0.3, -0.25) is 4.79 Å². The molecule has 0 unspecified atom stereocenters. The van der Waals surface area contributed by atoms with Crippen molar-refractivity contribution in [3.63, 3.8) is 0 Å². The lowest BCUT2D eigenvalue weighted by Gasteiger charge is -2.35. The van der Waals surface area contributed by atoms with Crippen LogP contribution in [0.4, 0.5) is 15.9 Å². The number of aromatic nitrogens is 3. The van der Waals surface area contributed by atoms with Crippen LogP contribution in [0.2, 0.25) is 0 Å². The summed E-state index contributed by atoms with van der Waals surface area (Å²) in [4.78, 5) is 19.3. The summed E-state index contributed by atoms with van der Waals surface area (Å²) in [6, 6.07) is 5.58. The van der Waals surface area contributed by atoms with E-state index in [1.165, 1.54) is 18.4 Å². The third kappa shape index (κ3) is 3.09. The first-order valence-electron chi connectivity index (χ1n) is 9.46. The van der Waals surface area contributed by atoms with Gasteiger partial charge in [-0.15, -0.1) is 0 Å². The number of amides is 1. The number of fused-ring (bicyclic) bond motifs is 1. The largest absolute Gasteiger partial charge is 0.379 e. The van der Waals surface area contributed by atoms with Crippen molar-refractivity contribution < 1.29 is 9.18 Å². The molecule has 1 aliphatic carbocycles. The lowest BCUT2D eigenvalue weighted by molar-refractivity contribution is -0.105. The Morgan fingerprint density at radius 1 is 1.32 bits per heavy atom. The van der Waals surface area contributed by atoms with Crippen LogP contribution < -0.4 is 16.0 Å². The summed E-state index contributed by atoms with van der Waals surface area (Å²) in [7, 11) is 0. The number of carbonyl (C=O) groups is 1. The lowest BCUT2D eigenvalue weighted by atomic mass is 9.89. The maximum Gasteiger partial charge on any atom is 0.212 e. The molecule has 8 heteroatoms. The zero-order chi connectivity index (χ0) is 19.1. The van der Waals surface area contributed by atoms with Crippen molar-refractivity contribution in [1.29, 1.82) is 0 Å². The zero-order valence-electron chi connectivity index (χ0n) is 15.3. The van der Waals surface area contributed by atoms with Crippen LogP contribution in [0.3, 0.4) is 0 Å². The normalized spacial score (nSPS) is 17.9. The first-order valence-corrected chi connectivity index (χ1v) is 9.46. The molecule has 4 heterocycles. The molecule has 1 amide bonds. The van der Waals surface area contributed by atoms with Gasteiger partial charge in [0, 0.05) is 49.0 Å². The molecular formula is C20H21FN6O. The Morgan fingerprint density at radius 2 is 2.18 bits per heavy atom. The number of nitrogens with one attached hydrogen (secondary N) is 3. The number of pyridine rings is 2. The van der Waals surface area contributed by atoms with E-state index >= 15 is 4.39 Å². The van der Waals surface area contributed by atoms with Crippen LogP contribution in [0.5, 0.6) is 0 Å². The fourth-order valence-corrected chi connectivity index (χ4v) is 3.63. The Balaban J connectivity index is 1.43. The molecule has 2 aliphatic rings. The van der Waals surface area contributed by atoms with Gasteiger partial charge < -0.3 is 20.4 Å². The predicted octanol–water partition coefficient (Wildman–Crippen LogP) is 2.56. The van der Waals surface area contributed by atoms with Gasteiger partial charge in [-0.25, -0.2) is 14.4 Å². The van der Waals surface area contributed by atoms with Gasteiger partial charge in [0.1, 0.15) is 11.5 Å². The second-order valence-corrected chi connectivity index (χ2v) is 7.54. The van der Waals surface area contributed by atoms with Crippen LogP contribution in [0, 0.1) is 0 Å². The van der Waals surface area contributed by atoms with E-state index in [4.69, 9.17) is 4.98 Å². The van der Waals surface area contributed by atoms with Crippen LogP contribution in [-0.4, -0.2) is 33.9 Å². The number of hydrogen-bond acceptors (Lipinski definition) is 5. The molecule has 0 radical (unpaired) electrons. The van der Waals surface area contributed by atoms with E-state index in [0.29, 0.717) is 49.0 Å². The highest BCUT2D eigenvalue weighted by Crippen LogP contribution is 2.43. The molecular weight excluding hydrogens is 359 g/mol. The van der Waals surface area contributed by atoms with Gasteiger partial charge in [0.05, 0.1) is 12.2 Å². The first-order chi connectivity index (χ1) is 13.6. The van der Waals surface area contributed by atoms with Crippen molar-refractivity contribution in [3.8, 4) is 0 Å². The van der Waals surface area contributed by atoms with Gasteiger partial charge in [0.15, 0.2) is 5.67 Å². The molecule has 1 saturated heterocycles. The second kappa shape index (κ2) is 6.56. The standard InChI is InChI=1S/C20H21FN6O/c21-20(10-22-11-20)17-5-14(13-1-2-13)8-27-9-16(26-19(17)27)7-24-15-3-4-23-18(6-15)25-12-28/h3-6,8-9,12-13,22H,1-2,7,10-11H2,(H2,23,24,25,28). The predicted molar refractivity (Wildman–Crippen MR) is 104 cm³/mol. The summed E-state index contributed by atoms with van der Waals surface area (Å²) in [5.41, 5.74) is 2.86. The maximum absolute atomic E-state index is 15.2. The van der Waals surface area contributed by atoms with Crippen molar-refractivity contribution >= 4 is 23.6 Å². The Bertz CT molecular complexity index is 1040. The molecule has 0 spiro atoms. The van der Waals surface area contributed by atoms with E-state index in [9.17, 15) is 4.79 Å². The van der Waals surface area contributed by atoms with Gasteiger partial charge in [0.25, 0.3) is 0 Å². The van der Waals surface area contributed by atoms with E-state index in [1.807, 2.05) is 22.7 Å². The minimum atomic E-state index is -1.34. The van der Waals surface area contributed by atoms with Crippen LogP contribution in [-0.2, 0) is 17.0 Å². The van der Waals surface area contributed by atoms with Crippen molar-refractivity contribution in [2.24, 2.45) is 0 Å². The van der Waals surface area contributed by atoms with E-state index in [1.54, 1.807) is 12.3 Å². The molecule has 2 fully saturated rings. The molecule has 7 nitrogen and oxygen atoms in total. The summed E-state index contributed by atoms with van der Waals surface area (Å²) < 4.78 is 17.2. The average molecular weight is 380 g/mol. The molecule has 0 aromatic carbocycles. The number of imidazole rings is 1. The van der Waals surface area contributed by atoms with Gasteiger partial charge in [-0.05, 0) is 36.5 Å². The maximum atomic E-state index is 15.2. The first kappa shape index (κ1) is 17.1. The zero-order valence-corrected chi connectivity index (χ0v) is 15.3. The fourth-order valence-electron chi connectivity index (χ4n) is 3.63. The van der Waals surface area contributed by atoms with E-state index < -0.39 is 5.67 Å². The van der Waals surface area contributed by atoms with Crippen LogP contribution in [0.25, 0.3) is 5.65 Å². The Kier molecular flexibility index (Phi) is 4.01. The number of alkyl halides is 1. The summed E-state index contributed by atoms with van der Waals surface area (Å²) >= 11 is 0. The molecule has 144 valence electrons. The monoisotopic (exact) mass is 380 g/mol. The molecule has 0 atom stereocenters. The molecule has 0 bridgehead atoms. The molecule has 5 rings (SSSR count). The summed E-state index contributed by atoms with van der Waals surface area (Å²) in [5.74, 6) is 1.02. The van der Waals surface area contributed by atoms with E-state index in [-0.39, 0.29) is 0 Å². The lowest BCUT2D eigenvalue weighted by Crippen LogP contribution is -2.53. The molecule has 3 aromatic rings. The quantitative estimate of drug-likeness (QED) is 0.549. The van der Waals surface area contributed by atoms with Crippen molar-refractivity contribution in [1.82, 2.24) is 19.7 Å². The average Bonchev–Trinajstić information content (AvgIpc) is 3.44. The highest BCUT2D eigenvalue weighted by atomic mass is 19.1. The van der Waals surface area contributed by atoms with Gasteiger partial charge >= 0.3 is 0 Å². The topological polar surface area (TPSA) is 83.4 Å². The minimum absolute atomic E-state index is 0.334. The molecule has 1 saturated carbocycles. The number of rotatable bonds is 7. The Labute approximate surface area is 161 Å². The van der Waals surface area contributed by atoms with Crippen molar-refractivity contribution in [3.05, 3.63) is 53.6 Å². The molecule has 28 heavy (non-hydrogen) atoms. The van der Waals surface area contributed by atoms with Gasteiger partial charge in [0.2, 0.25) is 6.41 Å². The van der Waals surface area contributed by atoms with Crippen molar-refractivity contribution in [2.75, 3.05) is 23.7 Å². The number of anilines is 2. The summed E-state index contributed by atoms with van der Waals surface area (Å²) in [6.07, 6.45) is 8.60. The van der Waals surface area contributed by atoms with E-state index in [0.717, 1.165) is 11.4 Å². The van der Waals surface area contributed by atoms with Crippen LogP contribution >= 0.6 is 0 Å². The van der Waals surface area contributed by atoms with Crippen molar-refractivity contribution in [2.45, 2.75) is 31.0 Å². The minimum Gasteiger partial charge on any atom is -0.379 e. The van der Waals surface area contributed by atoms with E-state index in [2.05, 4.69) is 27.1 Å². The number of halogens is 1. The Hall–Kier alpha value is -3.00. The molecule has 3 aromatic heterocycles. The highest BCUT2D eigenvalue weighted by Gasteiger charge is 2.42. The number of hydrogen-bond donors (Lipinski definition) is 3. The molecule has 1 aliphatic heterocycles. The highest BCUT2D eigenvalue weighted by molar-refractivity contribution is 5.70. The third-order valence-corrected chi connectivity index (χ3v) is 5.40. The summed E-state index contributed by atoms with van der Waals surface area (Å²) in [5, 5.41) is 8.84. The third-order valence-electron chi connectivity index (χ3n) is 5.40. The summed E-state index contributed by atoms with van der Waals surface area (Å²) in [6.45, 7) is 1.16. The second-order valence-electron chi connectivity index (χ2n) is 7.54. The number of carbonyl (C=O) groups excluding carboxylic acids is 1. The van der Waals surface area contributed by atoms with Crippen LogP contribution in [0.1, 0.15) is 35.6 Å². The smallest absolute Gasteiger partial charge is 0.212 e.